The maximum absolute atomic E-state index is 12.0. The molecule has 2 N–H and O–H groups in total. The average Bonchev–Trinajstić information content (AvgIpc) is 3.04. The molecule has 3 aromatic rings. The highest BCUT2D eigenvalue weighted by atomic mass is 32.2. The second kappa shape index (κ2) is 7.94. The maximum atomic E-state index is 12.0. The Morgan fingerprint density at radius 1 is 1.12 bits per heavy atom. The van der Waals surface area contributed by atoms with E-state index < -0.39 is 0 Å². The Morgan fingerprint density at radius 3 is 2.56 bits per heavy atom. The summed E-state index contributed by atoms with van der Waals surface area (Å²) in [6, 6.07) is 12.9. The summed E-state index contributed by atoms with van der Waals surface area (Å²) >= 11 is 1.52. The molecule has 0 aliphatic heterocycles. The number of nitrogens with one attached hydrogen (secondary N) is 2. The van der Waals surface area contributed by atoms with E-state index in [-0.39, 0.29) is 5.91 Å². The van der Waals surface area contributed by atoms with Crippen LogP contribution in [-0.2, 0) is 4.79 Å². The van der Waals surface area contributed by atoms with Crippen LogP contribution in [0.5, 0.6) is 11.5 Å². The quantitative estimate of drug-likeness (QED) is 0.631. The van der Waals surface area contributed by atoms with Crippen LogP contribution in [0.15, 0.2) is 47.6 Å². The molecule has 0 aliphatic carbocycles. The second-order valence-electron chi connectivity index (χ2n) is 5.30. The number of aromatic nitrogens is 2. The van der Waals surface area contributed by atoms with Gasteiger partial charge in [0.25, 0.3) is 0 Å². The lowest BCUT2D eigenvalue weighted by molar-refractivity contribution is -0.115. The minimum atomic E-state index is -0.0320. The number of hydrogen-bond acceptors (Lipinski definition) is 5. The van der Waals surface area contributed by atoms with Gasteiger partial charge in [-0.2, -0.15) is 0 Å². The number of ether oxygens (including phenoxy) is 2. The fourth-order valence-corrected chi connectivity index (χ4v) is 3.12. The van der Waals surface area contributed by atoms with Crippen molar-refractivity contribution < 1.29 is 14.3 Å². The summed E-state index contributed by atoms with van der Waals surface area (Å²) in [5.41, 5.74) is 2.56. The summed E-state index contributed by atoms with van der Waals surface area (Å²) in [5, 5.41) is 3.66. The number of benzene rings is 2. The number of methoxy groups -OCH3 is 2. The summed E-state index contributed by atoms with van der Waals surface area (Å²) in [5.74, 6) is 2.15. The zero-order valence-corrected chi connectivity index (χ0v) is 14.9. The second-order valence-corrected chi connectivity index (χ2v) is 6.38. The molecule has 0 saturated carbocycles. The molecule has 1 heterocycles. The van der Waals surface area contributed by atoms with Crippen LogP contribution in [0.1, 0.15) is 6.42 Å². The fourth-order valence-electron chi connectivity index (χ4n) is 2.30. The minimum absolute atomic E-state index is 0.0320. The van der Waals surface area contributed by atoms with Crippen LogP contribution in [0.25, 0.3) is 11.0 Å². The number of nitrogens with zero attached hydrogens (tertiary/aromatic N) is 1. The largest absolute Gasteiger partial charge is 0.497 e. The van der Waals surface area contributed by atoms with Crippen molar-refractivity contribution in [2.24, 2.45) is 0 Å². The van der Waals surface area contributed by atoms with Crippen molar-refractivity contribution in [3.05, 3.63) is 42.5 Å². The van der Waals surface area contributed by atoms with Crippen molar-refractivity contribution in [1.29, 1.82) is 0 Å². The molecule has 0 saturated heterocycles. The van der Waals surface area contributed by atoms with Crippen LogP contribution >= 0.6 is 11.8 Å². The number of rotatable bonds is 7. The molecule has 0 fully saturated rings. The lowest BCUT2D eigenvalue weighted by atomic mass is 10.3. The zero-order valence-electron chi connectivity index (χ0n) is 14.0. The third-order valence-corrected chi connectivity index (χ3v) is 4.48. The Bertz CT molecular complexity index is 862. The SMILES string of the molecule is COc1ccc(NC(=O)CCSc2nc3ccc(OC)cc3[nH]2)cc1. The smallest absolute Gasteiger partial charge is 0.225 e. The Morgan fingerprint density at radius 2 is 1.84 bits per heavy atom. The van der Waals surface area contributed by atoms with Gasteiger partial charge in [0.2, 0.25) is 5.91 Å². The topological polar surface area (TPSA) is 76.2 Å². The third-order valence-electron chi connectivity index (χ3n) is 3.61. The molecule has 0 atom stereocenters. The number of thioether (sulfide) groups is 1. The van der Waals surface area contributed by atoms with Gasteiger partial charge >= 0.3 is 0 Å². The molecule has 2 aromatic carbocycles. The number of carbonyl (C=O) groups is 1. The van der Waals surface area contributed by atoms with Crippen molar-refractivity contribution in [3.8, 4) is 11.5 Å². The van der Waals surface area contributed by atoms with E-state index in [9.17, 15) is 4.79 Å². The lowest BCUT2D eigenvalue weighted by Gasteiger charge is -2.05. The van der Waals surface area contributed by atoms with Gasteiger partial charge in [0.05, 0.1) is 25.3 Å². The highest BCUT2D eigenvalue weighted by Gasteiger charge is 2.07. The summed E-state index contributed by atoms with van der Waals surface area (Å²) in [4.78, 5) is 19.7. The average molecular weight is 357 g/mol. The fraction of sp³-hybridized carbons (Fsp3) is 0.222. The number of anilines is 1. The minimum Gasteiger partial charge on any atom is -0.497 e. The first-order valence-electron chi connectivity index (χ1n) is 7.78. The summed E-state index contributed by atoms with van der Waals surface area (Å²) in [6.45, 7) is 0. The predicted octanol–water partition coefficient (Wildman–Crippen LogP) is 3.70. The van der Waals surface area contributed by atoms with Crippen molar-refractivity contribution in [3.63, 3.8) is 0 Å². The molecule has 3 rings (SSSR count). The van der Waals surface area contributed by atoms with Gasteiger partial charge in [0, 0.05) is 23.9 Å². The Kier molecular flexibility index (Phi) is 5.45. The van der Waals surface area contributed by atoms with Crippen LogP contribution in [-0.4, -0.2) is 35.8 Å². The Hall–Kier alpha value is -2.67. The van der Waals surface area contributed by atoms with Gasteiger partial charge in [0.15, 0.2) is 5.16 Å². The molecule has 0 bridgehead atoms. The number of hydrogen-bond donors (Lipinski definition) is 2. The van der Waals surface area contributed by atoms with E-state index in [1.807, 2.05) is 42.5 Å². The molecule has 25 heavy (non-hydrogen) atoms. The van der Waals surface area contributed by atoms with Gasteiger partial charge in [-0.3, -0.25) is 4.79 Å². The molecular weight excluding hydrogens is 338 g/mol. The van der Waals surface area contributed by atoms with Gasteiger partial charge < -0.3 is 19.8 Å². The van der Waals surface area contributed by atoms with Gasteiger partial charge in [0.1, 0.15) is 11.5 Å². The maximum Gasteiger partial charge on any atom is 0.225 e. The van der Waals surface area contributed by atoms with E-state index in [1.165, 1.54) is 11.8 Å². The molecule has 0 radical (unpaired) electrons. The summed E-state index contributed by atoms with van der Waals surface area (Å²) < 4.78 is 10.3. The third kappa shape index (κ3) is 4.45. The molecular formula is C18H19N3O3S. The van der Waals surface area contributed by atoms with E-state index >= 15 is 0 Å². The van der Waals surface area contributed by atoms with E-state index in [1.54, 1.807) is 14.2 Å². The molecule has 6 nitrogen and oxygen atoms in total. The van der Waals surface area contributed by atoms with Crippen LogP contribution < -0.4 is 14.8 Å². The molecule has 1 amide bonds. The molecule has 130 valence electrons. The number of amides is 1. The predicted molar refractivity (Wildman–Crippen MR) is 99.6 cm³/mol. The summed E-state index contributed by atoms with van der Waals surface area (Å²) in [7, 11) is 3.24. The standard InChI is InChI=1S/C18H19N3O3S/c1-23-13-5-3-12(4-6-13)19-17(22)9-10-25-18-20-15-8-7-14(24-2)11-16(15)21-18/h3-8,11H,9-10H2,1-2H3,(H,19,22)(H,20,21). The first kappa shape index (κ1) is 17.2. The van der Waals surface area contributed by atoms with Crippen molar-refractivity contribution in [1.82, 2.24) is 9.97 Å². The summed E-state index contributed by atoms with van der Waals surface area (Å²) in [6.07, 6.45) is 0.400. The normalized spacial score (nSPS) is 10.6. The number of aromatic amines is 1. The number of H-pyrrole nitrogens is 1. The molecule has 0 spiro atoms. The number of carbonyl (C=O) groups excluding carboxylic acids is 1. The number of imidazole rings is 1. The highest BCUT2D eigenvalue weighted by molar-refractivity contribution is 7.99. The van der Waals surface area contributed by atoms with E-state index in [4.69, 9.17) is 9.47 Å². The van der Waals surface area contributed by atoms with E-state index in [2.05, 4.69) is 15.3 Å². The van der Waals surface area contributed by atoms with Crippen molar-refractivity contribution >= 4 is 34.4 Å². The van der Waals surface area contributed by atoms with Crippen LogP contribution in [0, 0.1) is 0 Å². The Balaban J connectivity index is 1.50. The van der Waals surface area contributed by atoms with Crippen LogP contribution in [0.3, 0.4) is 0 Å². The van der Waals surface area contributed by atoms with Gasteiger partial charge in [-0.1, -0.05) is 11.8 Å². The Labute approximate surface area is 149 Å². The van der Waals surface area contributed by atoms with Crippen molar-refractivity contribution in [2.45, 2.75) is 11.6 Å². The lowest BCUT2D eigenvalue weighted by Crippen LogP contribution is -2.12. The van der Waals surface area contributed by atoms with Crippen molar-refractivity contribution in [2.75, 3.05) is 25.3 Å². The number of fused-ring (bicyclic) bond motifs is 1. The zero-order chi connectivity index (χ0) is 17.6. The van der Waals surface area contributed by atoms with Gasteiger partial charge in [-0.15, -0.1) is 0 Å². The first-order chi connectivity index (χ1) is 12.2. The monoisotopic (exact) mass is 357 g/mol. The van der Waals surface area contributed by atoms with Gasteiger partial charge in [-0.25, -0.2) is 4.98 Å². The van der Waals surface area contributed by atoms with Crippen LogP contribution in [0.4, 0.5) is 5.69 Å². The first-order valence-corrected chi connectivity index (χ1v) is 8.77. The highest BCUT2D eigenvalue weighted by Crippen LogP contribution is 2.23. The van der Waals surface area contributed by atoms with Gasteiger partial charge in [-0.05, 0) is 36.4 Å². The van der Waals surface area contributed by atoms with E-state index in [0.717, 1.165) is 33.4 Å². The van der Waals surface area contributed by atoms with E-state index in [0.29, 0.717) is 12.2 Å². The molecule has 0 unspecified atom stereocenters. The van der Waals surface area contributed by atoms with Crippen LogP contribution in [0.2, 0.25) is 0 Å². The molecule has 7 heteroatoms. The molecule has 0 aliphatic rings. The molecule has 1 aromatic heterocycles.